The van der Waals surface area contributed by atoms with Crippen molar-refractivity contribution in [3.05, 3.63) is 70.0 Å². The van der Waals surface area contributed by atoms with Gasteiger partial charge in [0.05, 0.1) is 17.3 Å². The Hall–Kier alpha value is -3.02. The molecule has 0 radical (unpaired) electrons. The lowest BCUT2D eigenvalue weighted by molar-refractivity contribution is -0.133. The molecule has 0 aliphatic carbocycles. The molecule has 1 amide bonds. The largest absolute Gasteiger partial charge is 0.342 e. The second kappa shape index (κ2) is 7.54. The molecule has 144 valence electrons. The van der Waals surface area contributed by atoms with E-state index in [1.807, 2.05) is 55.1 Å². The highest BCUT2D eigenvalue weighted by molar-refractivity contribution is 5.83. The van der Waals surface area contributed by atoms with Crippen molar-refractivity contribution in [3.63, 3.8) is 0 Å². The fourth-order valence-corrected chi connectivity index (χ4v) is 3.84. The molecule has 0 unspecified atom stereocenters. The molecule has 1 fully saturated rings. The van der Waals surface area contributed by atoms with Gasteiger partial charge in [-0.1, -0.05) is 47.2 Å². The maximum atomic E-state index is 12.9. The van der Waals surface area contributed by atoms with E-state index in [0.717, 1.165) is 5.56 Å². The van der Waals surface area contributed by atoms with Gasteiger partial charge in [0.15, 0.2) is 0 Å². The summed E-state index contributed by atoms with van der Waals surface area (Å²) in [5.74, 6) is -0.0282. The molecule has 1 aromatic heterocycles. The van der Waals surface area contributed by atoms with Gasteiger partial charge in [-0.05, 0) is 44.4 Å². The third-order valence-corrected chi connectivity index (χ3v) is 5.66. The van der Waals surface area contributed by atoms with E-state index < -0.39 is 0 Å². The van der Waals surface area contributed by atoms with E-state index in [0.29, 0.717) is 36.8 Å². The fourth-order valence-electron chi connectivity index (χ4n) is 3.84. The van der Waals surface area contributed by atoms with E-state index in [1.165, 1.54) is 10.2 Å². The number of carbonyl (C=O) groups excluding carboxylic acids is 1. The average molecular weight is 376 g/mol. The lowest BCUT2D eigenvalue weighted by Gasteiger charge is -2.33. The molecule has 2 heterocycles. The Morgan fingerprint density at radius 2 is 1.75 bits per heavy atom. The third kappa shape index (κ3) is 3.42. The van der Waals surface area contributed by atoms with Gasteiger partial charge in [-0.15, -0.1) is 5.10 Å². The molecule has 1 saturated heterocycles. The first kappa shape index (κ1) is 18.3. The summed E-state index contributed by atoms with van der Waals surface area (Å²) in [7, 11) is 0. The van der Waals surface area contributed by atoms with Gasteiger partial charge in [-0.2, -0.15) is 0 Å². The van der Waals surface area contributed by atoms with Gasteiger partial charge >= 0.3 is 0 Å². The number of hydrogen-bond acceptors (Lipinski definition) is 4. The Kier molecular flexibility index (Phi) is 4.94. The van der Waals surface area contributed by atoms with Crippen molar-refractivity contribution >= 4 is 16.8 Å². The zero-order valence-corrected chi connectivity index (χ0v) is 16.2. The summed E-state index contributed by atoms with van der Waals surface area (Å²) in [6.45, 7) is 5.25. The second-order valence-electron chi connectivity index (χ2n) is 7.55. The number of aryl methyl sites for hydroxylation is 1. The Bertz CT molecular complexity index is 1050. The van der Waals surface area contributed by atoms with E-state index in [4.69, 9.17) is 0 Å². The van der Waals surface area contributed by atoms with Crippen LogP contribution in [0.3, 0.4) is 0 Å². The summed E-state index contributed by atoms with van der Waals surface area (Å²) in [5.41, 5.74) is 2.73. The van der Waals surface area contributed by atoms with Gasteiger partial charge in [0.25, 0.3) is 5.56 Å². The van der Waals surface area contributed by atoms with E-state index in [1.54, 1.807) is 12.1 Å². The topological polar surface area (TPSA) is 68.1 Å². The summed E-state index contributed by atoms with van der Waals surface area (Å²) in [6.07, 6.45) is 1.42. The van der Waals surface area contributed by atoms with Crippen LogP contribution in [-0.4, -0.2) is 38.9 Å². The molecule has 6 nitrogen and oxygen atoms in total. The van der Waals surface area contributed by atoms with E-state index in [-0.39, 0.29) is 23.4 Å². The molecule has 3 aromatic rings. The number of rotatable bonds is 3. The highest BCUT2D eigenvalue weighted by Crippen LogP contribution is 2.25. The molecule has 1 atom stereocenters. The molecule has 0 saturated carbocycles. The molecule has 0 spiro atoms. The van der Waals surface area contributed by atoms with Crippen molar-refractivity contribution < 1.29 is 4.79 Å². The van der Waals surface area contributed by atoms with E-state index >= 15 is 0 Å². The van der Waals surface area contributed by atoms with Gasteiger partial charge in [-0.3, -0.25) is 9.59 Å². The van der Waals surface area contributed by atoms with E-state index in [2.05, 4.69) is 10.3 Å². The van der Waals surface area contributed by atoms with Gasteiger partial charge < -0.3 is 4.90 Å². The SMILES string of the molecule is Cc1ccc([C@H](C)C(=O)N2CCC(n3nnc4ccccc4c3=O)CC2)cc1. The Morgan fingerprint density at radius 1 is 1.07 bits per heavy atom. The Balaban J connectivity index is 1.46. The normalized spacial score (nSPS) is 16.3. The van der Waals surface area contributed by atoms with Crippen LogP contribution in [-0.2, 0) is 4.79 Å². The molecule has 0 N–H and O–H groups in total. The number of nitrogens with zero attached hydrogens (tertiary/aromatic N) is 4. The molecule has 6 heteroatoms. The monoisotopic (exact) mass is 376 g/mol. The predicted octanol–water partition coefficient (Wildman–Crippen LogP) is 3.07. The standard InChI is InChI=1S/C22H24N4O2/c1-15-7-9-17(10-8-15)16(2)21(27)25-13-11-18(12-14-25)26-22(28)19-5-3-4-6-20(19)23-24-26/h3-10,16,18H,11-14H2,1-2H3/t16-/m0/s1. The minimum atomic E-state index is -0.166. The maximum absolute atomic E-state index is 12.9. The highest BCUT2D eigenvalue weighted by Gasteiger charge is 2.28. The third-order valence-electron chi connectivity index (χ3n) is 5.66. The van der Waals surface area contributed by atoms with Crippen LogP contribution in [0.1, 0.15) is 42.9 Å². The number of hydrogen-bond donors (Lipinski definition) is 0. The maximum Gasteiger partial charge on any atom is 0.277 e. The zero-order valence-electron chi connectivity index (χ0n) is 16.2. The summed E-state index contributed by atoms with van der Waals surface area (Å²) in [6, 6.07) is 15.4. The van der Waals surface area contributed by atoms with Gasteiger partial charge in [0, 0.05) is 13.1 Å². The van der Waals surface area contributed by atoms with E-state index in [9.17, 15) is 9.59 Å². The number of aromatic nitrogens is 3. The quantitative estimate of drug-likeness (QED) is 0.705. The Morgan fingerprint density at radius 3 is 2.46 bits per heavy atom. The molecule has 1 aliphatic heterocycles. The van der Waals surface area contributed by atoms with Crippen molar-refractivity contribution in [2.24, 2.45) is 0 Å². The van der Waals surface area contributed by atoms with Gasteiger partial charge in [0.2, 0.25) is 5.91 Å². The fraction of sp³-hybridized carbons (Fsp3) is 0.364. The first-order chi connectivity index (χ1) is 13.5. The first-order valence-corrected chi connectivity index (χ1v) is 9.74. The number of carbonyl (C=O) groups is 1. The summed E-state index contributed by atoms with van der Waals surface area (Å²) in [5, 5.41) is 8.91. The van der Waals surface area contributed by atoms with Crippen molar-refractivity contribution in [2.45, 2.75) is 38.6 Å². The average Bonchev–Trinajstić information content (AvgIpc) is 2.74. The van der Waals surface area contributed by atoms with Crippen LogP contribution in [0, 0.1) is 6.92 Å². The summed E-state index contributed by atoms with van der Waals surface area (Å²) in [4.78, 5) is 27.5. The predicted molar refractivity (Wildman–Crippen MR) is 108 cm³/mol. The highest BCUT2D eigenvalue weighted by atomic mass is 16.2. The lowest BCUT2D eigenvalue weighted by Crippen LogP contribution is -2.43. The van der Waals surface area contributed by atoms with Gasteiger partial charge in [0.1, 0.15) is 5.52 Å². The summed E-state index contributed by atoms with van der Waals surface area (Å²) < 4.78 is 1.49. The van der Waals surface area contributed by atoms with Crippen LogP contribution < -0.4 is 5.56 Å². The van der Waals surface area contributed by atoms with Crippen LogP contribution in [0.5, 0.6) is 0 Å². The molecular weight excluding hydrogens is 352 g/mol. The molecular formula is C22H24N4O2. The minimum absolute atomic E-state index is 0.0247. The van der Waals surface area contributed by atoms with Crippen molar-refractivity contribution in [3.8, 4) is 0 Å². The molecule has 4 rings (SSSR count). The van der Waals surface area contributed by atoms with Crippen molar-refractivity contribution in [1.29, 1.82) is 0 Å². The number of fused-ring (bicyclic) bond motifs is 1. The number of piperidine rings is 1. The second-order valence-corrected chi connectivity index (χ2v) is 7.55. The lowest BCUT2D eigenvalue weighted by atomic mass is 9.96. The zero-order chi connectivity index (χ0) is 19.7. The first-order valence-electron chi connectivity index (χ1n) is 9.74. The van der Waals surface area contributed by atoms with Crippen molar-refractivity contribution in [1.82, 2.24) is 19.9 Å². The minimum Gasteiger partial charge on any atom is -0.342 e. The van der Waals surface area contributed by atoms with Crippen molar-refractivity contribution in [2.75, 3.05) is 13.1 Å². The molecule has 28 heavy (non-hydrogen) atoms. The molecule has 1 aliphatic rings. The molecule has 2 aromatic carbocycles. The van der Waals surface area contributed by atoms with Gasteiger partial charge in [-0.25, -0.2) is 4.68 Å². The number of likely N-dealkylation sites (tertiary alicyclic amines) is 1. The van der Waals surface area contributed by atoms with Crippen LogP contribution in [0.4, 0.5) is 0 Å². The molecule has 0 bridgehead atoms. The van der Waals surface area contributed by atoms with Crippen LogP contribution in [0.25, 0.3) is 10.9 Å². The van der Waals surface area contributed by atoms with Crippen LogP contribution in [0.15, 0.2) is 53.3 Å². The Labute approximate surface area is 163 Å². The number of amides is 1. The number of benzene rings is 2. The van der Waals surface area contributed by atoms with Crippen LogP contribution >= 0.6 is 0 Å². The smallest absolute Gasteiger partial charge is 0.277 e. The summed E-state index contributed by atoms with van der Waals surface area (Å²) >= 11 is 0. The van der Waals surface area contributed by atoms with Crippen LogP contribution in [0.2, 0.25) is 0 Å².